The number of aromatic nitrogens is 1. The number of hydrogen-bond donors (Lipinski definition) is 1. The molecule has 8 heteroatoms. The van der Waals surface area contributed by atoms with Gasteiger partial charge in [0.05, 0.1) is 12.2 Å². The Labute approximate surface area is 145 Å². The Hall–Kier alpha value is -2.61. The molecule has 25 heavy (non-hydrogen) atoms. The summed E-state index contributed by atoms with van der Waals surface area (Å²) in [6.07, 6.45) is -3.73. The molecule has 1 aromatic carbocycles. The number of amides is 1. The van der Waals surface area contributed by atoms with Gasteiger partial charge in [-0.3, -0.25) is 4.79 Å². The van der Waals surface area contributed by atoms with E-state index < -0.39 is 24.4 Å². The molecule has 1 unspecified atom stereocenters. The van der Waals surface area contributed by atoms with Crippen LogP contribution in [0.15, 0.2) is 58.5 Å². The summed E-state index contributed by atoms with van der Waals surface area (Å²) in [4.78, 5) is 16.2. The Morgan fingerprint density at radius 2 is 1.96 bits per heavy atom. The normalized spacial score (nSPS) is 12.8. The van der Waals surface area contributed by atoms with Gasteiger partial charge in [-0.25, -0.2) is 4.98 Å². The fraction of sp³-hybridized carbons (Fsp3) is 0.176. The van der Waals surface area contributed by atoms with E-state index in [0.29, 0.717) is 11.5 Å². The summed E-state index contributed by atoms with van der Waals surface area (Å²) in [7, 11) is 0. The lowest BCUT2D eigenvalue weighted by Gasteiger charge is -2.20. The molecule has 0 aliphatic rings. The van der Waals surface area contributed by atoms with Gasteiger partial charge in [0.15, 0.2) is 10.9 Å². The van der Waals surface area contributed by atoms with Gasteiger partial charge >= 0.3 is 6.18 Å². The fourth-order valence-corrected chi connectivity index (χ4v) is 3.05. The number of carbonyl (C=O) groups is 1. The van der Waals surface area contributed by atoms with Crippen LogP contribution in [0.25, 0.3) is 11.5 Å². The third-order valence-electron chi connectivity index (χ3n) is 3.51. The van der Waals surface area contributed by atoms with E-state index in [2.05, 4.69) is 10.3 Å². The van der Waals surface area contributed by atoms with Crippen molar-refractivity contribution in [3.05, 3.63) is 59.7 Å². The van der Waals surface area contributed by atoms with Crippen molar-refractivity contribution >= 4 is 22.4 Å². The minimum Gasteiger partial charge on any atom is -0.463 e. The molecule has 0 radical (unpaired) electrons. The zero-order chi connectivity index (χ0) is 17.9. The van der Waals surface area contributed by atoms with Crippen LogP contribution in [0, 0.1) is 0 Å². The van der Waals surface area contributed by atoms with Crippen molar-refractivity contribution in [2.24, 2.45) is 0 Å². The molecule has 0 bridgehead atoms. The predicted molar refractivity (Wildman–Crippen MR) is 88.3 cm³/mol. The highest BCUT2D eigenvalue weighted by atomic mass is 32.1. The van der Waals surface area contributed by atoms with Crippen molar-refractivity contribution in [2.45, 2.75) is 18.5 Å². The van der Waals surface area contributed by atoms with E-state index in [1.165, 1.54) is 30.5 Å². The van der Waals surface area contributed by atoms with E-state index in [1.54, 1.807) is 23.6 Å². The second kappa shape index (κ2) is 7.10. The molecule has 130 valence electrons. The van der Waals surface area contributed by atoms with Crippen LogP contribution in [0.1, 0.15) is 17.9 Å². The third kappa shape index (κ3) is 4.27. The Kier molecular flexibility index (Phi) is 4.89. The molecule has 1 atom stereocenters. The number of nitrogens with zero attached hydrogens (tertiary/aromatic N) is 1. The molecule has 3 rings (SSSR count). The van der Waals surface area contributed by atoms with Crippen molar-refractivity contribution in [3.8, 4) is 11.5 Å². The van der Waals surface area contributed by atoms with Crippen LogP contribution < -0.4 is 5.32 Å². The summed E-state index contributed by atoms with van der Waals surface area (Å²) in [6.45, 7) is 0. The van der Waals surface area contributed by atoms with E-state index in [4.69, 9.17) is 4.42 Å². The number of carbonyl (C=O) groups excluding carboxylic acids is 1. The van der Waals surface area contributed by atoms with Gasteiger partial charge < -0.3 is 9.73 Å². The second-order valence-electron chi connectivity index (χ2n) is 5.27. The van der Waals surface area contributed by atoms with Crippen LogP contribution in [0.5, 0.6) is 0 Å². The van der Waals surface area contributed by atoms with Crippen molar-refractivity contribution < 1.29 is 22.4 Å². The first-order valence-electron chi connectivity index (χ1n) is 7.34. The van der Waals surface area contributed by atoms with Gasteiger partial charge in [-0.05, 0) is 17.7 Å². The molecule has 3 aromatic rings. The molecule has 0 saturated carbocycles. The smallest absolute Gasteiger partial charge is 0.396 e. The first-order chi connectivity index (χ1) is 11.9. The average molecular weight is 366 g/mol. The summed E-state index contributed by atoms with van der Waals surface area (Å²) in [5, 5.41) is 4.31. The van der Waals surface area contributed by atoms with E-state index in [9.17, 15) is 18.0 Å². The van der Waals surface area contributed by atoms with Crippen molar-refractivity contribution in [1.82, 2.24) is 4.98 Å². The quantitative estimate of drug-likeness (QED) is 0.685. The van der Waals surface area contributed by atoms with Crippen molar-refractivity contribution in [1.29, 1.82) is 0 Å². The van der Waals surface area contributed by atoms with Gasteiger partial charge in [-0.1, -0.05) is 30.3 Å². The van der Waals surface area contributed by atoms with Gasteiger partial charge in [0.1, 0.15) is 5.69 Å². The maximum absolute atomic E-state index is 13.3. The Morgan fingerprint density at radius 1 is 1.20 bits per heavy atom. The summed E-state index contributed by atoms with van der Waals surface area (Å²) in [5.41, 5.74) is 0.571. The van der Waals surface area contributed by atoms with E-state index >= 15 is 0 Å². The Balaban J connectivity index is 1.70. The van der Waals surface area contributed by atoms with Crippen LogP contribution in [-0.4, -0.2) is 17.1 Å². The molecular weight excluding hydrogens is 353 g/mol. The highest BCUT2D eigenvalue weighted by molar-refractivity contribution is 7.14. The molecule has 4 nitrogen and oxygen atoms in total. The standard InChI is InChI=1S/C17H13F3N2O2S/c18-17(19,20)12(11-5-2-1-3-6-11)9-15(23)22-16-21-13(10-25-16)14-7-4-8-24-14/h1-8,10,12H,9H2,(H,21,22,23). The lowest BCUT2D eigenvalue weighted by Crippen LogP contribution is -2.26. The SMILES string of the molecule is O=C(CC(c1ccccc1)C(F)(F)F)Nc1nc(-c2ccco2)cs1. The number of nitrogens with one attached hydrogen (secondary N) is 1. The number of furan rings is 1. The van der Waals surface area contributed by atoms with Gasteiger partial charge in [0.25, 0.3) is 0 Å². The second-order valence-corrected chi connectivity index (χ2v) is 6.13. The molecule has 2 aromatic heterocycles. The number of hydrogen-bond acceptors (Lipinski definition) is 4. The number of rotatable bonds is 5. The van der Waals surface area contributed by atoms with Gasteiger partial charge in [-0.2, -0.15) is 13.2 Å². The fourth-order valence-electron chi connectivity index (χ4n) is 2.33. The molecular formula is C17H13F3N2O2S. The van der Waals surface area contributed by atoms with Gasteiger partial charge in [0, 0.05) is 11.8 Å². The van der Waals surface area contributed by atoms with Crippen LogP contribution in [0.4, 0.5) is 18.3 Å². The van der Waals surface area contributed by atoms with Crippen LogP contribution >= 0.6 is 11.3 Å². The number of benzene rings is 1. The average Bonchev–Trinajstić information content (AvgIpc) is 3.23. The largest absolute Gasteiger partial charge is 0.463 e. The highest BCUT2D eigenvalue weighted by Gasteiger charge is 2.41. The topological polar surface area (TPSA) is 55.1 Å². The molecule has 1 amide bonds. The lowest BCUT2D eigenvalue weighted by molar-refractivity contribution is -0.155. The first kappa shape index (κ1) is 17.2. The lowest BCUT2D eigenvalue weighted by atomic mass is 9.95. The van der Waals surface area contributed by atoms with Crippen molar-refractivity contribution in [2.75, 3.05) is 5.32 Å². The molecule has 0 fully saturated rings. The summed E-state index contributed by atoms with van der Waals surface area (Å²) in [5.74, 6) is -2.08. The van der Waals surface area contributed by atoms with Crippen molar-refractivity contribution in [3.63, 3.8) is 0 Å². The van der Waals surface area contributed by atoms with E-state index in [0.717, 1.165) is 11.3 Å². The summed E-state index contributed by atoms with van der Waals surface area (Å²) < 4.78 is 45.1. The summed E-state index contributed by atoms with van der Waals surface area (Å²) >= 11 is 1.12. The Morgan fingerprint density at radius 3 is 2.60 bits per heavy atom. The molecule has 0 spiro atoms. The monoisotopic (exact) mass is 366 g/mol. The molecule has 2 heterocycles. The number of thiazole rings is 1. The van der Waals surface area contributed by atoms with Crippen LogP contribution in [0.3, 0.4) is 0 Å². The highest BCUT2D eigenvalue weighted by Crippen LogP contribution is 2.37. The number of anilines is 1. The predicted octanol–water partition coefficient (Wildman–Crippen LogP) is 5.08. The zero-order valence-corrected chi connectivity index (χ0v) is 13.6. The zero-order valence-electron chi connectivity index (χ0n) is 12.8. The molecule has 0 saturated heterocycles. The van der Waals surface area contributed by atoms with E-state index in [1.807, 2.05) is 0 Å². The van der Waals surface area contributed by atoms with Crippen LogP contribution in [-0.2, 0) is 4.79 Å². The molecule has 0 aliphatic carbocycles. The maximum Gasteiger partial charge on any atom is 0.396 e. The maximum atomic E-state index is 13.3. The summed E-state index contributed by atoms with van der Waals surface area (Å²) in [6, 6.07) is 10.8. The molecule has 0 aliphatic heterocycles. The first-order valence-corrected chi connectivity index (χ1v) is 8.22. The number of halogens is 3. The molecule has 1 N–H and O–H groups in total. The number of alkyl halides is 3. The van der Waals surface area contributed by atoms with E-state index in [-0.39, 0.29) is 10.7 Å². The third-order valence-corrected chi connectivity index (χ3v) is 4.27. The van der Waals surface area contributed by atoms with Gasteiger partial charge in [-0.15, -0.1) is 11.3 Å². The minimum atomic E-state index is -4.51. The van der Waals surface area contributed by atoms with Gasteiger partial charge in [0.2, 0.25) is 5.91 Å². The Bertz CT molecular complexity index is 829. The minimum absolute atomic E-state index is 0.0561. The van der Waals surface area contributed by atoms with Crippen LogP contribution in [0.2, 0.25) is 0 Å².